The van der Waals surface area contributed by atoms with Gasteiger partial charge in [0.1, 0.15) is 5.75 Å². The largest absolute Gasteiger partial charge is 0.507 e. The molecule has 1 amide bonds. The van der Waals surface area contributed by atoms with E-state index in [2.05, 4.69) is 4.98 Å². The molecule has 16 heavy (non-hydrogen) atoms. The second-order valence-corrected chi connectivity index (χ2v) is 4.41. The topological polar surface area (TPSA) is 76.2 Å². The van der Waals surface area contributed by atoms with Crippen molar-refractivity contribution in [3.8, 4) is 17.0 Å². The highest BCUT2D eigenvalue weighted by Crippen LogP contribution is 2.26. The quantitative estimate of drug-likeness (QED) is 0.833. The Labute approximate surface area is 96.4 Å². The number of hydrogen-bond acceptors (Lipinski definition) is 4. The zero-order valence-electron chi connectivity index (χ0n) is 8.60. The van der Waals surface area contributed by atoms with Crippen molar-refractivity contribution in [1.82, 2.24) is 4.98 Å². The van der Waals surface area contributed by atoms with Crippen LogP contribution in [0.1, 0.15) is 15.4 Å². The zero-order valence-corrected chi connectivity index (χ0v) is 9.41. The van der Waals surface area contributed by atoms with Crippen LogP contribution in [0.3, 0.4) is 0 Å². The third kappa shape index (κ3) is 1.90. The third-order valence-electron chi connectivity index (χ3n) is 2.18. The molecule has 0 saturated heterocycles. The normalized spacial score (nSPS) is 10.3. The third-order valence-corrected chi connectivity index (χ3v) is 2.95. The highest BCUT2D eigenvalue weighted by Gasteiger charge is 2.10. The molecule has 0 bridgehead atoms. The van der Waals surface area contributed by atoms with Crippen LogP contribution in [0.15, 0.2) is 23.6 Å². The van der Waals surface area contributed by atoms with Crippen LogP contribution in [0.5, 0.6) is 5.75 Å². The summed E-state index contributed by atoms with van der Waals surface area (Å²) in [5, 5.41) is 12.3. The van der Waals surface area contributed by atoms with Gasteiger partial charge in [-0.05, 0) is 25.1 Å². The molecule has 1 heterocycles. The maximum Gasteiger partial charge on any atom is 0.252 e. The van der Waals surface area contributed by atoms with E-state index in [1.807, 2.05) is 12.3 Å². The molecule has 5 heteroatoms. The van der Waals surface area contributed by atoms with Crippen LogP contribution in [0.2, 0.25) is 0 Å². The first-order valence-corrected chi connectivity index (χ1v) is 5.51. The molecule has 4 nitrogen and oxygen atoms in total. The van der Waals surface area contributed by atoms with Gasteiger partial charge in [0.2, 0.25) is 0 Å². The summed E-state index contributed by atoms with van der Waals surface area (Å²) in [5.74, 6) is -0.755. The van der Waals surface area contributed by atoms with Crippen molar-refractivity contribution in [2.24, 2.45) is 5.73 Å². The van der Waals surface area contributed by atoms with Gasteiger partial charge < -0.3 is 10.8 Å². The van der Waals surface area contributed by atoms with Crippen molar-refractivity contribution in [3.05, 3.63) is 34.2 Å². The van der Waals surface area contributed by atoms with E-state index in [-0.39, 0.29) is 11.3 Å². The smallest absolute Gasteiger partial charge is 0.252 e. The molecular weight excluding hydrogens is 224 g/mol. The summed E-state index contributed by atoms with van der Waals surface area (Å²) in [6.07, 6.45) is 0. The number of primary amides is 1. The van der Waals surface area contributed by atoms with Crippen LogP contribution in [0, 0.1) is 6.92 Å². The zero-order chi connectivity index (χ0) is 11.7. The molecule has 0 aliphatic carbocycles. The summed E-state index contributed by atoms with van der Waals surface area (Å²) in [4.78, 5) is 15.4. The van der Waals surface area contributed by atoms with Crippen molar-refractivity contribution >= 4 is 17.2 Å². The van der Waals surface area contributed by atoms with Gasteiger partial charge in [0.15, 0.2) is 0 Å². The molecule has 0 unspecified atom stereocenters. The number of nitrogens with two attached hydrogens (primary N) is 1. The van der Waals surface area contributed by atoms with E-state index in [0.717, 1.165) is 16.3 Å². The fourth-order valence-corrected chi connectivity index (χ4v) is 2.01. The summed E-state index contributed by atoms with van der Waals surface area (Å²) in [5.41, 5.74) is 6.82. The maximum absolute atomic E-state index is 11.1. The first-order chi connectivity index (χ1) is 7.58. The molecule has 0 saturated carbocycles. The van der Waals surface area contributed by atoms with E-state index < -0.39 is 5.91 Å². The Balaban J connectivity index is 2.51. The molecule has 0 radical (unpaired) electrons. The van der Waals surface area contributed by atoms with Crippen molar-refractivity contribution in [2.45, 2.75) is 6.92 Å². The van der Waals surface area contributed by atoms with Gasteiger partial charge >= 0.3 is 0 Å². The SMILES string of the molecule is Cc1nc(-c2ccc(O)c(C(N)=O)c2)cs1. The van der Waals surface area contributed by atoms with Crippen LogP contribution < -0.4 is 5.73 Å². The Morgan fingerprint density at radius 2 is 2.25 bits per heavy atom. The van der Waals surface area contributed by atoms with Gasteiger partial charge in [0.25, 0.3) is 5.91 Å². The molecule has 0 spiro atoms. The van der Waals surface area contributed by atoms with E-state index in [4.69, 9.17) is 5.73 Å². The predicted octanol–water partition coefficient (Wildman–Crippen LogP) is 1.92. The lowest BCUT2D eigenvalue weighted by atomic mass is 10.1. The number of aromatic nitrogens is 1. The Morgan fingerprint density at radius 1 is 1.50 bits per heavy atom. The van der Waals surface area contributed by atoms with E-state index in [1.165, 1.54) is 17.4 Å². The number of thiazole rings is 1. The van der Waals surface area contributed by atoms with Crippen molar-refractivity contribution in [2.75, 3.05) is 0 Å². The maximum atomic E-state index is 11.1. The number of nitrogens with zero attached hydrogens (tertiary/aromatic N) is 1. The summed E-state index contributed by atoms with van der Waals surface area (Å²) in [7, 11) is 0. The Bertz CT molecular complexity index is 549. The molecule has 1 aromatic carbocycles. The number of benzene rings is 1. The predicted molar refractivity (Wildman–Crippen MR) is 62.5 cm³/mol. The lowest BCUT2D eigenvalue weighted by Crippen LogP contribution is -2.11. The van der Waals surface area contributed by atoms with Crippen LogP contribution >= 0.6 is 11.3 Å². The first kappa shape index (κ1) is 10.6. The van der Waals surface area contributed by atoms with Crippen LogP contribution in [-0.4, -0.2) is 16.0 Å². The molecule has 1 aromatic heterocycles. The lowest BCUT2D eigenvalue weighted by molar-refractivity contribution is 0.0998. The van der Waals surface area contributed by atoms with Gasteiger partial charge in [-0.2, -0.15) is 0 Å². The van der Waals surface area contributed by atoms with Crippen molar-refractivity contribution < 1.29 is 9.90 Å². The number of phenols is 1. The van der Waals surface area contributed by atoms with E-state index >= 15 is 0 Å². The van der Waals surface area contributed by atoms with Crippen molar-refractivity contribution in [1.29, 1.82) is 0 Å². The Hall–Kier alpha value is -1.88. The number of hydrogen-bond donors (Lipinski definition) is 2. The highest BCUT2D eigenvalue weighted by molar-refractivity contribution is 7.09. The highest BCUT2D eigenvalue weighted by atomic mass is 32.1. The molecule has 0 atom stereocenters. The summed E-state index contributed by atoms with van der Waals surface area (Å²) >= 11 is 1.53. The average molecular weight is 234 g/mol. The van der Waals surface area contributed by atoms with Gasteiger partial charge in [-0.3, -0.25) is 4.79 Å². The number of amides is 1. The van der Waals surface area contributed by atoms with Gasteiger partial charge in [0.05, 0.1) is 16.3 Å². The summed E-state index contributed by atoms with van der Waals surface area (Å²) < 4.78 is 0. The summed E-state index contributed by atoms with van der Waals surface area (Å²) in [6, 6.07) is 4.70. The standard InChI is InChI=1S/C11H10N2O2S/c1-6-13-9(5-16-6)7-2-3-10(14)8(4-7)11(12)15/h2-5,14H,1H3,(H2,12,15). The molecule has 2 rings (SSSR count). The van der Waals surface area contributed by atoms with Gasteiger partial charge in [-0.15, -0.1) is 11.3 Å². The number of carbonyl (C=O) groups excluding carboxylic acids is 1. The fraction of sp³-hybridized carbons (Fsp3) is 0.0909. The molecule has 2 aromatic rings. The number of aromatic hydroxyl groups is 1. The van der Waals surface area contributed by atoms with Crippen LogP contribution in [0.4, 0.5) is 0 Å². The Kier molecular flexibility index (Phi) is 2.62. The molecule has 3 N–H and O–H groups in total. The minimum atomic E-state index is -0.647. The molecule has 82 valence electrons. The lowest BCUT2D eigenvalue weighted by Gasteiger charge is -2.02. The Morgan fingerprint density at radius 3 is 2.81 bits per heavy atom. The number of aryl methyl sites for hydroxylation is 1. The minimum absolute atomic E-state index is 0.108. The average Bonchev–Trinajstić information content (AvgIpc) is 2.65. The molecule has 0 aliphatic heterocycles. The monoisotopic (exact) mass is 234 g/mol. The molecular formula is C11H10N2O2S. The number of rotatable bonds is 2. The second kappa shape index (κ2) is 3.94. The first-order valence-electron chi connectivity index (χ1n) is 4.63. The van der Waals surface area contributed by atoms with Crippen molar-refractivity contribution in [3.63, 3.8) is 0 Å². The molecule has 0 aliphatic rings. The van der Waals surface area contributed by atoms with Gasteiger partial charge in [-0.25, -0.2) is 4.98 Å². The van der Waals surface area contributed by atoms with Crippen LogP contribution in [0.25, 0.3) is 11.3 Å². The van der Waals surface area contributed by atoms with E-state index in [9.17, 15) is 9.90 Å². The summed E-state index contributed by atoms with van der Waals surface area (Å²) in [6.45, 7) is 1.91. The number of carbonyl (C=O) groups is 1. The van der Waals surface area contributed by atoms with Gasteiger partial charge in [0, 0.05) is 10.9 Å². The van der Waals surface area contributed by atoms with Crippen LogP contribution in [-0.2, 0) is 0 Å². The fourth-order valence-electron chi connectivity index (χ4n) is 1.39. The molecule has 0 fully saturated rings. The van der Waals surface area contributed by atoms with E-state index in [1.54, 1.807) is 12.1 Å². The van der Waals surface area contributed by atoms with Gasteiger partial charge in [-0.1, -0.05) is 0 Å². The van der Waals surface area contributed by atoms with E-state index in [0.29, 0.717) is 0 Å². The minimum Gasteiger partial charge on any atom is -0.507 e. The second-order valence-electron chi connectivity index (χ2n) is 3.35.